The number of nitrogens with one attached hydrogen (secondary N) is 2. The van der Waals surface area contributed by atoms with Crippen LogP contribution in [0.4, 0.5) is 5.69 Å². The third kappa shape index (κ3) is 4.50. The van der Waals surface area contributed by atoms with Crippen LogP contribution >= 0.6 is 0 Å². The highest BCUT2D eigenvalue weighted by molar-refractivity contribution is 5.95. The molecule has 0 aromatic heterocycles. The average Bonchev–Trinajstić information content (AvgIpc) is 2.61. The van der Waals surface area contributed by atoms with Gasteiger partial charge >= 0.3 is 0 Å². The maximum atomic E-state index is 12.0. The van der Waals surface area contributed by atoms with Crippen molar-refractivity contribution >= 4 is 17.5 Å². The SMILES string of the molecule is COc1cccc(CC(=O)NCCc2ccc3c(c2)NC(=O)CO3)c1. The van der Waals surface area contributed by atoms with Crippen LogP contribution in [0.15, 0.2) is 42.5 Å². The van der Waals surface area contributed by atoms with Crippen LogP contribution in [0.5, 0.6) is 11.5 Å². The molecule has 6 nitrogen and oxygen atoms in total. The van der Waals surface area contributed by atoms with Crippen LogP contribution in [0.2, 0.25) is 0 Å². The summed E-state index contributed by atoms with van der Waals surface area (Å²) in [7, 11) is 1.60. The molecule has 0 bridgehead atoms. The summed E-state index contributed by atoms with van der Waals surface area (Å²) in [5, 5.41) is 5.69. The van der Waals surface area contributed by atoms with Gasteiger partial charge in [0.25, 0.3) is 5.91 Å². The molecule has 0 saturated carbocycles. The second kappa shape index (κ2) is 7.70. The van der Waals surface area contributed by atoms with Crippen LogP contribution in [-0.2, 0) is 22.4 Å². The fraction of sp³-hybridized carbons (Fsp3) is 0.263. The summed E-state index contributed by atoms with van der Waals surface area (Å²) >= 11 is 0. The largest absolute Gasteiger partial charge is 0.497 e. The molecule has 0 radical (unpaired) electrons. The van der Waals surface area contributed by atoms with Gasteiger partial charge < -0.3 is 20.1 Å². The van der Waals surface area contributed by atoms with E-state index in [9.17, 15) is 9.59 Å². The second-order valence-corrected chi connectivity index (χ2v) is 5.80. The van der Waals surface area contributed by atoms with Gasteiger partial charge in [-0.25, -0.2) is 0 Å². The monoisotopic (exact) mass is 340 g/mol. The molecule has 2 amide bonds. The van der Waals surface area contributed by atoms with E-state index >= 15 is 0 Å². The van der Waals surface area contributed by atoms with Crippen LogP contribution in [-0.4, -0.2) is 32.1 Å². The Balaban J connectivity index is 1.50. The lowest BCUT2D eigenvalue weighted by Gasteiger charge is -2.18. The Labute approximate surface area is 146 Å². The minimum atomic E-state index is -0.156. The maximum absolute atomic E-state index is 12.0. The zero-order valence-electron chi connectivity index (χ0n) is 14.0. The van der Waals surface area contributed by atoms with Crippen LogP contribution in [0.1, 0.15) is 11.1 Å². The smallest absolute Gasteiger partial charge is 0.262 e. The zero-order valence-corrected chi connectivity index (χ0v) is 14.0. The number of fused-ring (bicyclic) bond motifs is 1. The van der Waals surface area contributed by atoms with Gasteiger partial charge in [-0.3, -0.25) is 9.59 Å². The maximum Gasteiger partial charge on any atom is 0.262 e. The van der Waals surface area contributed by atoms with E-state index < -0.39 is 0 Å². The fourth-order valence-corrected chi connectivity index (χ4v) is 2.66. The Hall–Kier alpha value is -3.02. The molecule has 1 aliphatic heterocycles. The number of methoxy groups -OCH3 is 1. The topological polar surface area (TPSA) is 76.7 Å². The van der Waals surface area contributed by atoms with Crippen molar-refractivity contribution < 1.29 is 19.1 Å². The van der Waals surface area contributed by atoms with Crippen molar-refractivity contribution in [1.82, 2.24) is 5.32 Å². The molecule has 0 aliphatic carbocycles. The van der Waals surface area contributed by atoms with Gasteiger partial charge in [-0.1, -0.05) is 18.2 Å². The lowest BCUT2D eigenvalue weighted by atomic mass is 10.1. The lowest BCUT2D eigenvalue weighted by Crippen LogP contribution is -2.27. The number of rotatable bonds is 6. The van der Waals surface area contributed by atoms with Gasteiger partial charge in [0.15, 0.2) is 6.61 Å². The number of anilines is 1. The Kier molecular flexibility index (Phi) is 5.18. The molecule has 25 heavy (non-hydrogen) atoms. The number of ether oxygens (including phenoxy) is 2. The Morgan fingerprint density at radius 1 is 1.24 bits per heavy atom. The molecule has 3 rings (SSSR count). The van der Waals surface area contributed by atoms with E-state index in [0.717, 1.165) is 16.9 Å². The number of hydrogen-bond acceptors (Lipinski definition) is 4. The number of amides is 2. The van der Waals surface area contributed by atoms with E-state index in [1.807, 2.05) is 42.5 Å². The number of benzene rings is 2. The molecule has 2 aromatic carbocycles. The van der Waals surface area contributed by atoms with Gasteiger partial charge in [-0.2, -0.15) is 0 Å². The quantitative estimate of drug-likeness (QED) is 0.842. The highest BCUT2D eigenvalue weighted by Gasteiger charge is 2.15. The molecule has 130 valence electrons. The Bertz CT molecular complexity index is 789. The first-order chi connectivity index (χ1) is 12.1. The van der Waals surface area contributed by atoms with E-state index in [-0.39, 0.29) is 18.4 Å². The normalized spacial score (nSPS) is 12.6. The molecular weight excluding hydrogens is 320 g/mol. The number of hydrogen-bond donors (Lipinski definition) is 2. The zero-order chi connectivity index (χ0) is 17.6. The van der Waals surface area contributed by atoms with Crippen LogP contribution in [0, 0.1) is 0 Å². The molecule has 0 atom stereocenters. The summed E-state index contributed by atoms with van der Waals surface area (Å²) in [6.45, 7) is 0.572. The molecule has 0 spiro atoms. The molecule has 0 unspecified atom stereocenters. The van der Waals surface area contributed by atoms with Crippen LogP contribution in [0.25, 0.3) is 0 Å². The number of carbonyl (C=O) groups excluding carboxylic acids is 2. The first-order valence-corrected chi connectivity index (χ1v) is 8.09. The van der Waals surface area contributed by atoms with Gasteiger partial charge in [0.1, 0.15) is 11.5 Å². The Morgan fingerprint density at radius 2 is 2.12 bits per heavy atom. The summed E-state index contributed by atoms with van der Waals surface area (Å²) in [5.41, 5.74) is 2.60. The van der Waals surface area contributed by atoms with Gasteiger partial charge in [0.2, 0.25) is 5.91 Å². The van der Waals surface area contributed by atoms with E-state index in [0.29, 0.717) is 30.8 Å². The first kappa shape index (κ1) is 16.8. The summed E-state index contributed by atoms with van der Waals surface area (Å²) in [5.74, 6) is 1.22. The lowest BCUT2D eigenvalue weighted by molar-refractivity contribution is -0.120. The van der Waals surface area contributed by atoms with Crippen molar-refractivity contribution in [3.63, 3.8) is 0 Å². The fourth-order valence-electron chi connectivity index (χ4n) is 2.66. The van der Waals surface area contributed by atoms with E-state index in [1.54, 1.807) is 7.11 Å². The minimum absolute atomic E-state index is 0.0390. The first-order valence-electron chi connectivity index (χ1n) is 8.09. The summed E-state index contributed by atoms with van der Waals surface area (Å²) < 4.78 is 10.5. The van der Waals surface area contributed by atoms with Crippen molar-refractivity contribution in [3.05, 3.63) is 53.6 Å². The minimum Gasteiger partial charge on any atom is -0.497 e. The highest BCUT2D eigenvalue weighted by Crippen LogP contribution is 2.28. The molecule has 6 heteroatoms. The molecular formula is C19H20N2O4. The molecule has 0 saturated heterocycles. The molecule has 1 heterocycles. The summed E-state index contributed by atoms with van der Waals surface area (Å²) in [6.07, 6.45) is 0.984. The predicted octanol–water partition coefficient (Wildman–Crippen LogP) is 1.93. The molecule has 2 N–H and O–H groups in total. The summed E-state index contributed by atoms with van der Waals surface area (Å²) in [6, 6.07) is 13.1. The van der Waals surface area contributed by atoms with E-state index in [2.05, 4.69) is 10.6 Å². The highest BCUT2D eigenvalue weighted by atomic mass is 16.5. The second-order valence-electron chi connectivity index (χ2n) is 5.80. The van der Waals surface area contributed by atoms with E-state index in [1.165, 1.54) is 0 Å². The van der Waals surface area contributed by atoms with Crippen molar-refractivity contribution in [3.8, 4) is 11.5 Å². The summed E-state index contributed by atoms with van der Waals surface area (Å²) in [4.78, 5) is 23.4. The van der Waals surface area contributed by atoms with Gasteiger partial charge in [-0.15, -0.1) is 0 Å². The third-order valence-corrected chi connectivity index (χ3v) is 3.91. The molecule has 1 aliphatic rings. The van der Waals surface area contributed by atoms with Gasteiger partial charge in [-0.05, 0) is 41.8 Å². The molecule has 0 fully saturated rings. The number of carbonyl (C=O) groups is 2. The van der Waals surface area contributed by atoms with Crippen molar-refractivity contribution in [2.24, 2.45) is 0 Å². The van der Waals surface area contributed by atoms with Crippen LogP contribution < -0.4 is 20.1 Å². The van der Waals surface area contributed by atoms with Gasteiger partial charge in [0, 0.05) is 6.54 Å². The Morgan fingerprint density at radius 3 is 2.96 bits per heavy atom. The van der Waals surface area contributed by atoms with Crippen molar-refractivity contribution in [1.29, 1.82) is 0 Å². The predicted molar refractivity (Wildman–Crippen MR) is 94.0 cm³/mol. The van der Waals surface area contributed by atoms with Crippen LogP contribution in [0.3, 0.4) is 0 Å². The van der Waals surface area contributed by atoms with Gasteiger partial charge in [0.05, 0.1) is 19.2 Å². The third-order valence-electron chi connectivity index (χ3n) is 3.91. The average molecular weight is 340 g/mol. The standard InChI is InChI=1S/C19H20N2O4/c1-24-15-4-2-3-14(9-15)11-18(22)20-8-7-13-5-6-17-16(10-13)21-19(23)12-25-17/h2-6,9-10H,7-8,11-12H2,1H3,(H,20,22)(H,21,23). The van der Waals surface area contributed by atoms with Crippen molar-refractivity contribution in [2.45, 2.75) is 12.8 Å². The molecule has 2 aromatic rings. The van der Waals surface area contributed by atoms with Crippen molar-refractivity contribution in [2.75, 3.05) is 25.6 Å². The van der Waals surface area contributed by atoms with E-state index in [4.69, 9.17) is 9.47 Å².